The Balaban J connectivity index is 0.000000214. The second-order valence-corrected chi connectivity index (χ2v) is 23.4. The highest BCUT2D eigenvalue weighted by atomic mass is 32.2. The predicted molar refractivity (Wildman–Crippen MR) is 309 cm³/mol. The van der Waals surface area contributed by atoms with Gasteiger partial charge in [0.2, 0.25) is 11.8 Å². The molecule has 4 aromatic carbocycles. The van der Waals surface area contributed by atoms with Crippen LogP contribution in [0.2, 0.25) is 0 Å². The summed E-state index contributed by atoms with van der Waals surface area (Å²) in [4.78, 5) is 8.70. The molecule has 0 saturated heterocycles. The van der Waals surface area contributed by atoms with Crippen LogP contribution in [0.3, 0.4) is 0 Å². The number of nitrogen functional groups attached to an aromatic ring is 2. The summed E-state index contributed by atoms with van der Waals surface area (Å²) in [6, 6.07) is 34.1. The lowest BCUT2D eigenvalue weighted by Crippen LogP contribution is -2.30. The van der Waals surface area contributed by atoms with Crippen molar-refractivity contribution in [3.05, 3.63) is 167 Å². The molecular formula is C60H70N10O8S2. The van der Waals surface area contributed by atoms with Crippen molar-refractivity contribution in [2.24, 2.45) is 5.14 Å². The summed E-state index contributed by atoms with van der Waals surface area (Å²) in [6.07, 6.45) is 18.6. The van der Waals surface area contributed by atoms with E-state index >= 15 is 0 Å². The number of hydrogen-bond donors (Lipinski definition) is 3. The van der Waals surface area contributed by atoms with Crippen molar-refractivity contribution in [2.45, 2.75) is 113 Å². The van der Waals surface area contributed by atoms with Gasteiger partial charge in [-0.25, -0.2) is 31.9 Å². The molecule has 18 nitrogen and oxygen atoms in total. The Hall–Kier alpha value is -7.78. The zero-order chi connectivity index (χ0) is 56.1. The molecule has 2 aliphatic carbocycles. The number of benzene rings is 4. The highest BCUT2D eigenvalue weighted by Gasteiger charge is 2.28. The molecular weight excluding hydrogens is 1050 g/mol. The fourth-order valence-electron chi connectivity index (χ4n) is 10.1. The van der Waals surface area contributed by atoms with Crippen LogP contribution < -0.4 is 35.6 Å². The van der Waals surface area contributed by atoms with Crippen LogP contribution >= 0.6 is 0 Å². The van der Waals surface area contributed by atoms with Gasteiger partial charge >= 0.3 is 0 Å². The van der Waals surface area contributed by atoms with Gasteiger partial charge in [0.15, 0.2) is 10.1 Å². The van der Waals surface area contributed by atoms with Crippen molar-refractivity contribution < 1.29 is 35.8 Å². The van der Waals surface area contributed by atoms with Crippen molar-refractivity contribution in [3.63, 3.8) is 0 Å². The highest BCUT2D eigenvalue weighted by molar-refractivity contribution is 7.89. The summed E-state index contributed by atoms with van der Waals surface area (Å²) in [7, 11) is -4.45. The molecule has 10 rings (SSSR count). The van der Waals surface area contributed by atoms with Crippen molar-refractivity contribution >= 4 is 31.4 Å². The number of nitrogens with zero attached hydrogens (tertiary/aromatic N) is 7. The Morgan fingerprint density at radius 2 is 0.988 bits per heavy atom. The zero-order valence-corrected chi connectivity index (χ0v) is 47.0. The number of aromatic nitrogens is 6. The van der Waals surface area contributed by atoms with E-state index in [2.05, 4.69) is 44.4 Å². The lowest BCUT2D eigenvalue weighted by molar-refractivity contribution is 0.292. The minimum absolute atomic E-state index is 0.0211. The average molecular weight is 1120 g/mol. The van der Waals surface area contributed by atoms with E-state index in [1.807, 2.05) is 72.8 Å². The van der Waals surface area contributed by atoms with Crippen molar-refractivity contribution in [3.8, 4) is 45.5 Å². The third-order valence-electron chi connectivity index (χ3n) is 14.5. The van der Waals surface area contributed by atoms with E-state index in [-0.39, 0.29) is 23.1 Å². The number of unbranched alkanes of at least 4 members (excludes halogenated alkanes) is 4. The Labute approximate surface area is 469 Å². The summed E-state index contributed by atoms with van der Waals surface area (Å²) >= 11 is 0. The van der Waals surface area contributed by atoms with Gasteiger partial charge in [0.05, 0.1) is 27.4 Å². The first kappa shape index (κ1) is 56.9. The number of methoxy groups -OCH3 is 2. The average Bonchev–Trinajstić information content (AvgIpc) is 4.33. The number of sulfonamides is 2. The second kappa shape index (κ2) is 26.5. The molecule has 0 amide bonds. The van der Waals surface area contributed by atoms with Gasteiger partial charge in [-0.1, -0.05) is 48.5 Å². The highest BCUT2D eigenvalue weighted by Crippen LogP contribution is 2.38. The number of nitrogens with two attached hydrogens (primary N) is 3. The maximum Gasteiger partial charge on any atom is 0.262 e. The van der Waals surface area contributed by atoms with Crippen molar-refractivity contribution in [1.29, 1.82) is 0 Å². The van der Waals surface area contributed by atoms with Crippen LogP contribution in [0, 0.1) is 0 Å². The van der Waals surface area contributed by atoms with E-state index < -0.39 is 20.0 Å². The first-order valence-electron chi connectivity index (χ1n) is 27.1. The zero-order valence-electron chi connectivity index (χ0n) is 45.4. The molecule has 0 atom stereocenters. The van der Waals surface area contributed by atoms with Gasteiger partial charge in [-0.2, -0.15) is 14.5 Å². The third-order valence-corrected chi connectivity index (χ3v) is 17.0. The Bertz CT molecular complexity index is 3540. The number of primary sulfonamides is 1. The Kier molecular flexibility index (Phi) is 18.8. The monoisotopic (exact) mass is 1120 g/mol. The summed E-state index contributed by atoms with van der Waals surface area (Å²) in [6.45, 7) is 2.67. The molecule has 0 aliphatic heterocycles. The fourth-order valence-corrected chi connectivity index (χ4v) is 11.9. The van der Waals surface area contributed by atoms with Crippen LogP contribution in [0.5, 0.6) is 23.3 Å². The molecule has 2 aliphatic rings. The van der Waals surface area contributed by atoms with Crippen LogP contribution in [0.25, 0.3) is 22.3 Å². The molecule has 4 heterocycles. The fraction of sp³-hybridized carbons (Fsp3) is 0.333. The van der Waals surface area contributed by atoms with Gasteiger partial charge in [0, 0.05) is 85.6 Å². The minimum atomic E-state index is -3.90. The molecule has 6 N–H and O–H groups in total. The third kappa shape index (κ3) is 14.5. The Morgan fingerprint density at radius 3 is 1.43 bits per heavy atom. The normalized spacial score (nSPS) is 12.9. The second-order valence-electron chi connectivity index (χ2n) is 20.0. The van der Waals surface area contributed by atoms with E-state index in [4.69, 9.17) is 35.6 Å². The van der Waals surface area contributed by atoms with E-state index in [9.17, 15) is 16.8 Å². The van der Waals surface area contributed by atoms with Gasteiger partial charge in [0.1, 0.15) is 11.5 Å². The van der Waals surface area contributed by atoms with Crippen molar-refractivity contribution in [1.82, 2.24) is 33.8 Å². The topological polar surface area (TPSA) is 248 Å². The van der Waals surface area contributed by atoms with E-state index in [0.717, 1.165) is 115 Å². The minimum Gasteiger partial charge on any atom is -0.497 e. The van der Waals surface area contributed by atoms with Gasteiger partial charge in [-0.05, 0) is 170 Å². The Morgan fingerprint density at radius 1 is 0.537 bits per heavy atom. The van der Waals surface area contributed by atoms with E-state index in [0.29, 0.717) is 49.6 Å². The van der Waals surface area contributed by atoms with Crippen LogP contribution in [0.4, 0.5) is 11.4 Å². The van der Waals surface area contributed by atoms with Gasteiger partial charge in [-0.3, -0.25) is 9.36 Å². The van der Waals surface area contributed by atoms with E-state index in [1.54, 1.807) is 54.4 Å². The maximum atomic E-state index is 13.9. The molecule has 0 spiro atoms. The lowest BCUT2D eigenvalue weighted by Gasteiger charge is -2.21. The number of anilines is 2. The first-order valence-corrected chi connectivity index (χ1v) is 30.1. The van der Waals surface area contributed by atoms with Crippen LogP contribution in [0.1, 0.15) is 84.7 Å². The maximum absolute atomic E-state index is 13.9. The summed E-state index contributed by atoms with van der Waals surface area (Å²) in [5.41, 5.74) is 25.7. The van der Waals surface area contributed by atoms with Crippen LogP contribution in [-0.4, -0.2) is 78.1 Å². The number of aryl methyl sites for hydroxylation is 4. The van der Waals surface area contributed by atoms with Gasteiger partial charge in [-0.15, -0.1) is 0 Å². The number of fused-ring (bicyclic) bond motifs is 2. The van der Waals surface area contributed by atoms with Gasteiger partial charge in [0.25, 0.3) is 20.0 Å². The summed E-state index contributed by atoms with van der Waals surface area (Å²) in [5, 5.41) is 13.4. The molecule has 0 radical (unpaired) electrons. The number of pyridine rings is 2. The first-order chi connectivity index (χ1) is 38.7. The van der Waals surface area contributed by atoms with Gasteiger partial charge < -0.3 is 30.4 Å². The SMILES string of the molecule is COc1ccc(CN(Cc2ccc(OC)cc2)S(=O)(=O)c2ccn(CCCCCOc3cc(-c4ccc5c(c4N)CCC5)ccn3)n2)cc1.Nc1c(-c2ccnc(OCCCCCn3ccc(S(N)(=O)=O)n3)c2)ccc2c1CCC2. The van der Waals surface area contributed by atoms with Crippen molar-refractivity contribution in [2.75, 3.05) is 38.9 Å². The molecule has 80 heavy (non-hydrogen) atoms. The lowest BCUT2D eigenvalue weighted by atomic mass is 9.98. The number of ether oxygens (including phenoxy) is 4. The summed E-state index contributed by atoms with van der Waals surface area (Å²) < 4.78 is 77.4. The molecule has 420 valence electrons. The molecule has 0 bridgehead atoms. The molecule has 0 saturated carbocycles. The quantitative estimate of drug-likeness (QED) is 0.0356. The number of rotatable bonds is 25. The largest absolute Gasteiger partial charge is 0.497 e. The molecule has 0 fully saturated rings. The van der Waals surface area contributed by atoms with E-state index in [1.165, 1.54) is 39.0 Å². The molecule has 4 aromatic heterocycles. The molecule has 8 aromatic rings. The molecule has 0 unspecified atom stereocenters. The van der Waals surface area contributed by atoms with Crippen LogP contribution in [-0.2, 0) is 71.9 Å². The standard InChI is InChI=1S/C38H43N5O5S.C22H27N5O3S/c1-46-32-14-9-28(10-15-32)26-43(27-29-11-16-33(47-2)17-12-29)49(44,45)37-20-23-42(41-37)22-4-3-5-24-48-36-25-31(19-21-40-36)35-18-13-30-7-6-8-34(30)38(35)39;23-22-18-6-4-5-16(18)7-8-19(22)17-9-11-25-20(15-17)30-14-3-1-2-12-27-13-10-21(26-27)31(24,28)29/h9-21,23,25H,3-8,22,24,26-27,39H2,1-2H3;7-11,13,15H,1-6,12,14,23H2,(H2,24,28,29). The summed E-state index contributed by atoms with van der Waals surface area (Å²) in [5.74, 6) is 2.58. The number of hydrogen-bond acceptors (Lipinski definition) is 14. The molecule has 20 heteroatoms. The predicted octanol–water partition coefficient (Wildman–Crippen LogP) is 9.59. The van der Waals surface area contributed by atoms with Crippen LogP contribution in [0.15, 0.2) is 144 Å². The smallest absolute Gasteiger partial charge is 0.262 e.